The summed E-state index contributed by atoms with van der Waals surface area (Å²) in [6.45, 7) is 4.03. The van der Waals surface area contributed by atoms with Crippen molar-refractivity contribution in [3.05, 3.63) is 11.6 Å². The standard InChI is InChI=1S/C21H31NO5/c1-20-8-7-13(22-27-11-18(25)26)9-12(20)3-4-14-15-5-6-17(24)21(15,2)10-16(23)19(14)20/h9,14-17,19,23-24H,3-8,10-11H2,1-2H3,(H,25,26)/b22-13-. The predicted octanol–water partition coefficient (Wildman–Crippen LogP) is 2.74. The summed E-state index contributed by atoms with van der Waals surface area (Å²) < 4.78 is 0. The molecule has 4 rings (SSSR count). The van der Waals surface area contributed by atoms with E-state index in [9.17, 15) is 15.0 Å². The number of aliphatic carboxylic acids is 1. The van der Waals surface area contributed by atoms with Crippen LogP contribution in [0.1, 0.15) is 58.8 Å². The molecule has 0 aromatic rings. The molecule has 3 saturated carbocycles. The summed E-state index contributed by atoms with van der Waals surface area (Å²) in [4.78, 5) is 15.5. The molecule has 0 heterocycles. The zero-order chi connectivity index (χ0) is 19.4. The average molecular weight is 377 g/mol. The quantitative estimate of drug-likeness (QED) is 0.657. The summed E-state index contributed by atoms with van der Waals surface area (Å²) in [7, 11) is 0. The van der Waals surface area contributed by atoms with Crippen molar-refractivity contribution >= 4 is 11.7 Å². The number of allylic oxidation sites excluding steroid dienone is 2. The number of aliphatic hydroxyl groups excluding tert-OH is 2. The van der Waals surface area contributed by atoms with Crippen LogP contribution in [-0.4, -0.2) is 45.8 Å². The number of carboxylic acids is 1. The minimum atomic E-state index is -1.03. The van der Waals surface area contributed by atoms with Gasteiger partial charge in [0.15, 0.2) is 0 Å². The molecule has 0 aliphatic heterocycles. The fourth-order valence-corrected chi connectivity index (χ4v) is 6.92. The highest BCUT2D eigenvalue weighted by atomic mass is 16.6. The number of hydrogen-bond donors (Lipinski definition) is 3. The molecule has 0 aromatic heterocycles. The Labute approximate surface area is 160 Å². The van der Waals surface area contributed by atoms with Crippen LogP contribution in [0.4, 0.5) is 0 Å². The largest absolute Gasteiger partial charge is 0.479 e. The van der Waals surface area contributed by atoms with Gasteiger partial charge in [0.1, 0.15) is 0 Å². The molecule has 3 N–H and O–H groups in total. The summed E-state index contributed by atoms with van der Waals surface area (Å²) >= 11 is 0. The van der Waals surface area contributed by atoms with Crippen LogP contribution in [0.15, 0.2) is 16.8 Å². The number of rotatable bonds is 3. The number of oxime groups is 1. The number of fused-ring (bicyclic) bond motifs is 5. The number of nitrogens with zero attached hydrogens (tertiary/aromatic N) is 1. The second kappa shape index (κ2) is 6.59. The maximum absolute atomic E-state index is 11.1. The predicted molar refractivity (Wildman–Crippen MR) is 100 cm³/mol. The van der Waals surface area contributed by atoms with E-state index in [1.165, 1.54) is 5.57 Å². The van der Waals surface area contributed by atoms with Crippen molar-refractivity contribution in [3.8, 4) is 0 Å². The second-order valence-electron chi connectivity index (χ2n) is 9.54. The van der Waals surface area contributed by atoms with E-state index < -0.39 is 12.6 Å². The van der Waals surface area contributed by atoms with E-state index in [1.807, 2.05) is 0 Å². The highest BCUT2D eigenvalue weighted by Gasteiger charge is 2.61. The van der Waals surface area contributed by atoms with Gasteiger partial charge in [0.2, 0.25) is 6.61 Å². The van der Waals surface area contributed by atoms with Crippen molar-refractivity contribution in [2.75, 3.05) is 6.61 Å². The Hall–Kier alpha value is -1.40. The molecule has 0 saturated heterocycles. The molecule has 0 spiro atoms. The molecular formula is C21H31NO5. The molecule has 0 amide bonds. The summed E-state index contributed by atoms with van der Waals surface area (Å²) in [6.07, 6.45) is 7.66. The Kier molecular flexibility index (Phi) is 4.62. The summed E-state index contributed by atoms with van der Waals surface area (Å²) in [5, 5.41) is 34.4. The van der Waals surface area contributed by atoms with Gasteiger partial charge in [-0.15, -0.1) is 0 Å². The molecule has 4 aliphatic carbocycles. The molecule has 7 atom stereocenters. The van der Waals surface area contributed by atoms with Crippen LogP contribution in [0.2, 0.25) is 0 Å². The summed E-state index contributed by atoms with van der Waals surface area (Å²) in [5.74, 6) is 0.149. The number of carbonyl (C=O) groups is 1. The molecule has 27 heavy (non-hydrogen) atoms. The smallest absolute Gasteiger partial charge is 0.344 e. The van der Waals surface area contributed by atoms with Gasteiger partial charge in [0, 0.05) is 0 Å². The van der Waals surface area contributed by atoms with Gasteiger partial charge in [-0.05, 0) is 79.6 Å². The Morgan fingerprint density at radius 2 is 2.04 bits per heavy atom. The molecule has 0 aromatic carbocycles. The van der Waals surface area contributed by atoms with Crippen molar-refractivity contribution in [3.63, 3.8) is 0 Å². The van der Waals surface area contributed by atoms with Crippen molar-refractivity contribution in [2.45, 2.75) is 71.0 Å². The third kappa shape index (κ3) is 2.92. The first-order valence-corrected chi connectivity index (χ1v) is 10.2. The average Bonchev–Trinajstić information content (AvgIpc) is 2.89. The van der Waals surface area contributed by atoms with Crippen LogP contribution in [0.5, 0.6) is 0 Å². The number of carboxylic acid groups (broad SMARTS) is 1. The lowest BCUT2D eigenvalue weighted by Crippen LogP contribution is -2.57. The van der Waals surface area contributed by atoms with Gasteiger partial charge in [-0.1, -0.05) is 24.6 Å². The number of hydrogen-bond acceptors (Lipinski definition) is 5. The van der Waals surface area contributed by atoms with E-state index >= 15 is 0 Å². The number of aliphatic hydroxyl groups is 2. The van der Waals surface area contributed by atoms with E-state index in [-0.39, 0.29) is 29.0 Å². The van der Waals surface area contributed by atoms with E-state index in [0.29, 0.717) is 18.3 Å². The second-order valence-corrected chi connectivity index (χ2v) is 9.54. The van der Waals surface area contributed by atoms with Crippen molar-refractivity contribution < 1.29 is 25.0 Å². The summed E-state index contributed by atoms with van der Waals surface area (Å²) in [5.41, 5.74) is 1.91. The summed E-state index contributed by atoms with van der Waals surface area (Å²) in [6, 6.07) is 0. The van der Waals surface area contributed by atoms with Crippen LogP contribution in [0.25, 0.3) is 0 Å². The van der Waals surface area contributed by atoms with Crippen LogP contribution in [-0.2, 0) is 9.63 Å². The topological polar surface area (TPSA) is 99.4 Å². The van der Waals surface area contributed by atoms with Gasteiger partial charge in [0.25, 0.3) is 0 Å². The molecular weight excluding hydrogens is 346 g/mol. The molecule has 3 fully saturated rings. The SMILES string of the molecule is CC12CC/C(=N/OCC(=O)O)C=C1CCC1C2C(O)CC2(C)C(O)CCC12. The minimum absolute atomic E-state index is 0.0526. The first kappa shape index (κ1) is 18.9. The Morgan fingerprint density at radius 1 is 1.26 bits per heavy atom. The van der Waals surface area contributed by atoms with Crippen molar-refractivity contribution in [2.24, 2.45) is 33.7 Å². The zero-order valence-corrected chi connectivity index (χ0v) is 16.2. The van der Waals surface area contributed by atoms with Crippen molar-refractivity contribution in [1.29, 1.82) is 0 Å². The molecule has 6 heteroatoms. The van der Waals surface area contributed by atoms with E-state index in [0.717, 1.165) is 44.2 Å². The molecule has 7 unspecified atom stereocenters. The van der Waals surface area contributed by atoms with Gasteiger partial charge in [0.05, 0.1) is 17.9 Å². The van der Waals surface area contributed by atoms with Crippen LogP contribution >= 0.6 is 0 Å². The van der Waals surface area contributed by atoms with E-state index in [2.05, 4.69) is 25.1 Å². The van der Waals surface area contributed by atoms with Gasteiger partial charge >= 0.3 is 5.97 Å². The maximum Gasteiger partial charge on any atom is 0.344 e. The third-order valence-corrected chi connectivity index (χ3v) is 8.23. The minimum Gasteiger partial charge on any atom is -0.479 e. The Morgan fingerprint density at radius 3 is 2.78 bits per heavy atom. The fourth-order valence-electron chi connectivity index (χ4n) is 6.92. The van der Waals surface area contributed by atoms with Gasteiger partial charge in [-0.25, -0.2) is 4.79 Å². The molecule has 4 aliphatic rings. The molecule has 0 radical (unpaired) electrons. The Balaban J connectivity index is 1.59. The third-order valence-electron chi connectivity index (χ3n) is 8.23. The van der Waals surface area contributed by atoms with E-state index in [4.69, 9.17) is 9.94 Å². The highest BCUT2D eigenvalue weighted by Crippen LogP contribution is 2.65. The van der Waals surface area contributed by atoms with Gasteiger partial charge < -0.3 is 20.2 Å². The van der Waals surface area contributed by atoms with Crippen LogP contribution in [0, 0.1) is 28.6 Å². The highest BCUT2D eigenvalue weighted by molar-refractivity contribution is 5.96. The van der Waals surface area contributed by atoms with Gasteiger partial charge in [-0.2, -0.15) is 0 Å². The Bertz CT molecular complexity index is 688. The molecule has 6 nitrogen and oxygen atoms in total. The monoisotopic (exact) mass is 377 g/mol. The molecule has 0 bridgehead atoms. The lowest BCUT2D eigenvalue weighted by atomic mass is 9.46. The zero-order valence-electron chi connectivity index (χ0n) is 16.2. The lowest BCUT2D eigenvalue weighted by Gasteiger charge is -2.59. The first-order valence-electron chi connectivity index (χ1n) is 10.2. The van der Waals surface area contributed by atoms with E-state index in [1.54, 1.807) is 0 Å². The normalized spacial score (nSPS) is 47.6. The lowest BCUT2D eigenvalue weighted by molar-refractivity contribution is -0.142. The first-order chi connectivity index (χ1) is 12.8. The van der Waals surface area contributed by atoms with Crippen molar-refractivity contribution in [1.82, 2.24) is 0 Å². The van der Waals surface area contributed by atoms with Crippen LogP contribution in [0.3, 0.4) is 0 Å². The van der Waals surface area contributed by atoms with Crippen LogP contribution < -0.4 is 0 Å². The fraction of sp³-hybridized carbons (Fsp3) is 0.810. The molecule has 150 valence electrons. The van der Waals surface area contributed by atoms with Gasteiger partial charge in [-0.3, -0.25) is 0 Å². The maximum atomic E-state index is 11.1.